The fraction of sp³-hybridized carbons (Fsp3) is 0.267. The first-order valence-corrected chi connectivity index (χ1v) is 6.09. The third-order valence-corrected chi connectivity index (χ3v) is 3.25. The second-order valence-corrected chi connectivity index (χ2v) is 4.39. The second-order valence-electron chi connectivity index (χ2n) is 4.39. The summed E-state index contributed by atoms with van der Waals surface area (Å²) in [7, 11) is 0. The fourth-order valence-electron chi connectivity index (χ4n) is 2.21. The van der Waals surface area contributed by atoms with Crippen LogP contribution in [0.5, 0.6) is 0 Å². The summed E-state index contributed by atoms with van der Waals surface area (Å²) in [5, 5.41) is 9.12. The molecule has 0 aliphatic carbocycles. The molecule has 0 bridgehead atoms. The van der Waals surface area contributed by atoms with Gasteiger partial charge in [-0.3, -0.25) is 0 Å². The van der Waals surface area contributed by atoms with Gasteiger partial charge in [0.15, 0.2) is 0 Å². The van der Waals surface area contributed by atoms with Gasteiger partial charge in [-0.1, -0.05) is 31.2 Å². The minimum atomic E-state index is -0.851. The molecule has 0 aliphatic rings. The number of aromatic carboxylic acids is 1. The zero-order valence-corrected chi connectivity index (χ0v) is 10.7. The lowest BCUT2D eigenvalue weighted by molar-refractivity contribution is 0.0695. The van der Waals surface area contributed by atoms with Crippen molar-refractivity contribution in [1.29, 1.82) is 0 Å². The molecule has 1 heterocycles. The Bertz CT molecular complexity index is 570. The third-order valence-electron chi connectivity index (χ3n) is 3.25. The van der Waals surface area contributed by atoms with E-state index in [2.05, 4.69) is 19.1 Å². The summed E-state index contributed by atoms with van der Waals surface area (Å²) < 4.78 is 2.02. The van der Waals surface area contributed by atoms with Crippen molar-refractivity contribution in [3.63, 3.8) is 0 Å². The average Bonchev–Trinajstić information content (AvgIpc) is 2.75. The molecule has 1 N–H and O–H groups in total. The maximum atomic E-state index is 11.1. The predicted molar refractivity (Wildman–Crippen MR) is 71.1 cm³/mol. The van der Waals surface area contributed by atoms with Gasteiger partial charge in [-0.05, 0) is 30.5 Å². The van der Waals surface area contributed by atoms with Crippen molar-refractivity contribution in [3.8, 4) is 0 Å². The van der Waals surface area contributed by atoms with E-state index < -0.39 is 5.97 Å². The molecule has 0 atom stereocenters. The van der Waals surface area contributed by atoms with E-state index in [-0.39, 0.29) is 0 Å². The van der Waals surface area contributed by atoms with Crippen LogP contribution in [0.4, 0.5) is 0 Å². The number of carbonyl (C=O) groups is 1. The Balaban J connectivity index is 2.35. The topological polar surface area (TPSA) is 42.2 Å². The van der Waals surface area contributed by atoms with E-state index in [0.717, 1.165) is 18.7 Å². The van der Waals surface area contributed by atoms with Gasteiger partial charge in [-0.25, -0.2) is 4.79 Å². The number of rotatable bonds is 4. The molecule has 3 heteroatoms. The van der Waals surface area contributed by atoms with Gasteiger partial charge in [-0.2, -0.15) is 0 Å². The molecule has 2 rings (SSSR count). The van der Waals surface area contributed by atoms with Crippen molar-refractivity contribution in [2.45, 2.75) is 26.8 Å². The van der Waals surface area contributed by atoms with Crippen LogP contribution in [-0.4, -0.2) is 15.6 Å². The van der Waals surface area contributed by atoms with E-state index in [9.17, 15) is 4.79 Å². The zero-order valence-electron chi connectivity index (χ0n) is 10.7. The fourth-order valence-corrected chi connectivity index (χ4v) is 2.21. The number of hydrogen-bond donors (Lipinski definition) is 1. The Kier molecular flexibility index (Phi) is 3.51. The van der Waals surface area contributed by atoms with Crippen LogP contribution in [0.2, 0.25) is 0 Å². The van der Waals surface area contributed by atoms with Crippen LogP contribution in [0, 0.1) is 6.92 Å². The van der Waals surface area contributed by atoms with Crippen molar-refractivity contribution in [3.05, 3.63) is 58.9 Å². The molecule has 0 saturated heterocycles. The summed E-state index contributed by atoms with van der Waals surface area (Å²) in [6.45, 7) is 4.78. The zero-order chi connectivity index (χ0) is 13.1. The molecule has 18 heavy (non-hydrogen) atoms. The van der Waals surface area contributed by atoms with Crippen molar-refractivity contribution >= 4 is 5.97 Å². The van der Waals surface area contributed by atoms with Gasteiger partial charge >= 0.3 is 5.97 Å². The smallest absolute Gasteiger partial charge is 0.337 e. The molecule has 0 fully saturated rings. The third kappa shape index (κ3) is 2.30. The number of carboxylic acids is 1. The van der Waals surface area contributed by atoms with E-state index in [4.69, 9.17) is 5.11 Å². The maximum Gasteiger partial charge on any atom is 0.337 e. The molecule has 0 spiro atoms. The lowest BCUT2D eigenvalue weighted by Gasteiger charge is -2.11. The van der Waals surface area contributed by atoms with Crippen LogP contribution in [0.15, 0.2) is 36.5 Å². The summed E-state index contributed by atoms with van der Waals surface area (Å²) >= 11 is 0. The molecule has 0 radical (unpaired) electrons. The van der Waals surface area contributed by atoms with Crippen molar-refractivity contribution in [2.75, 3.05) is 0 Å². The molecular weight excluding hydrogens is 226 g/mol. The largest absolute Gasteiger partial charge is 0.478 e. The predicted octanol–water partition coefficient (Wildman–Crippen LogP) is 3.11. The standard InChI is InChI=1S/C15H17NO2/c1-3-14-13(15(17)18)8-9-16(14)10-12-7-5-4-6-11(12)2/h4-9H,3,10H2,1-2H3,(H,17,18). The van der Waals surface area contributed by atoms with Crippen LogP contribution in [-0.2, 0) is 13.0 Å². The molecule has 0 amide bonds. The minimum absolute atomic E-state index is 0.408. The molecule has 0 aliphatic heterocycles. The van der Waals surface area contributed by atoms with Crippen molar-refractivity contribution in [1.82, 2.24) is 4.57 Å². The van der Waals surface area contributed by atoms with Crippen LogP contribution in [0.1, 0.15) is 34.1 Å². The Morgan fingerprint density at radius 2 is 2.00 bits per heavy atom. The number of hydrogen-bond acceptors (Lipinski definition) is 1. The minimum Gasteiger partial charge on any atom is -0.478 e. The van der Waals surface area contributed by atoms with Gasteiger partial charge in [0.2, 0.25) is 0 Å². The SMILES string of the molecule is CCc1c(C(=O)O)ccn1Cc1ccccc1C. The second kappa shape index (κ2) is 5.08. The number of aryl methyl sites for hydroxylation is 1. The molecule has 2 aromatic rings. The van der Waals surface area contributed by atoms with E-state index in [1.54, 1.807) is 6.07 Å². The highest BCUT2D eigenvalue weighted by Crippen LogP contribution is 2.16. The number of nitrogens with zero attached hydrogens (tertiary/aromatic N) is 1. The van der Waals surface area contributed by atoms with Gasteiger partial charge in [0.25, 0.3) is 0 Å². The average molecular weight is 243 g/mol. The maximum absolute atomic E-state index is 11.1. The van der Waals surface area contributed by atoms with Crippen LogP contribution < -0.4 is 0 Å². The van der Waals surface area contributed by atoms with Gasteiger partial charge in [0, 0.05) is 18.4 Å². The molecule has 3 nitrogen and oxygen atoms in total. The number of carboxylic acid groups (broad SMARTS) is 1. The first-order valence-electron chi connectivity index (χ1n) is 6.09. The highest BCUT2D eigenvalue weighted by Gasteiger charge is 2.13. The summed E-state index contributed by atoms with van der Waals surface area (Å²) in [6, 6.07) is 9.85. The molecular formula is C15H17NO2. The normalized spacial score (nSPS) is 10.6. The Labute approximate surface area is 107 Å². The Hall–Kier alpha value is -2.03. The molecule has 1 aromatic heterocycles. The van der Waals surface area contributed by atoms with E-state index >= 15 is 0 Å². The van der Waals surface area contributed by atoms with Gasteiger partial charge in [-0.15, -0.1) is 0 Å². The van der Waals surface area contributed by atoms with Crippen LogP contribution in [0.25, 0.3) is 0 Å². The number of benzene rings is 1. The van der Waals surface area contributed by atoms with Gasteiger partial charge in [0.05, 0.1) is 5.56 Å². The van der Waals surface area contributed by atoms with E-state index in [0.29, 0.717) is 5.56 Å². The quantitative estimate of drug-likeness (QED) is 0.896. The van der Waals surface area contributed by atoms with Gasteiger partial charge < -0.3 is 9.67 Å². The summed E-state index contributed by atoms with van der Waals surface area (Å²) in [6.07, 6.45) is 2.58. The molecule has 1 aromatic carbocycles. The first kappa shape index (κ1) is 12.4. The van der Waals surface area contributed by atoms with Crippen LogP contribution >= 0.6 is 0 Å². The lowest BCUT2D eigenvalue weighted by Crippen LogP contribution is -2.07. The first-order chi connectivity index (χ1) is 8.63. The summed E-state index contributed by atoms with van der Waals surface area (Å²) in [5.74, 6) is -0.851. The molecule has 94 valence electrons. The van der Waals surface area contributed by atoms with E-state index in [1.165, 1.54) is 11.1 Å². The highest BCUT2D eigenvalue weighted by molar-refractivity contribution is 5.89. The van der Waals surface area contributed by atoms with Crippen molar-refractivity contribution in [2.24, 2.45) is 0 Å². The van der Waals surface area contributed by atoms with Gasteiger partial charge in [0.1, 0.15) is 0 Å². The molecule has 0 saturated carbocycles. The van der Waals surface area contributed by atoms with Crippen LogP contribution in [0.3, 0.4) is 0 Å². The monoisotopic (exact) mass is 243 g/mol. The highest BCUT2D eigenvalue weighted by atomic mass is 16.4. The molecule has 0 unspecified atom stereocenters. The Morgan fingerprint density at radius 3 is 2.61 bits per heavy atom. The summed E-state index contributed by atoms with van der Waals surface area (Å²) in [5.41, 5.74) is 3.74. The lowest BCUT2D eigenvalue weighted by atomic mass is 10.1. The van der Waals surface area contributed by atoms with E-state index in [1.807, 2.05) is 29.8 Å². The number of aromatic nitrogens is 1. The Morgan fingerprint density at radius 1 is 1.28 bits per heavy atom. The summed E-state index contributed by atoms with van der Waals surface area (Å²) in [4.78, 5) is 11.1. The van der Waals surface area contributed by atoms with Crippen molar-refractivity contribution < 1.29 is 9.90 Å².